The molecule has 1 fully saturated rings. The van der Waals surface area contributed by atoms with E-state index >= 15 is 0 Å². The maximum Gasteiger partial charge on any atom is 0.303 e. The van der Waals surface area contributed by atoms with Crippen LogP contribution in [0.4, 0.5) is 0 Å². The first kappa shape index (κ1) is 22.5. The average Bonchev–Trinajstić information content (AvgIpc) is 3.37. The maximum atomic E-state index is 12.4. The van der Waals surface area contributed by atoms with E-state index in [0.29, 0.717) is 17.8 Å². The summed E-state index contributed by atoms with van der Waals surface area (Å²) in [6, 6.07) is 8.20. The summed E-state index contributed by atoms with van der Waals surface area (Å²) in [5, 5.41) is 0. The van der Waals surface area contributed by atoms with Crippen LogP contribution in [-0.4, -0.2) is 27.9 Å². The van der Waals surface area contributed by atoms with Crippen LogP contribution >= 0.6 is 0 Å². The SMILES string of the molecule is CC(=O)OC1C=C2C(C)=CC3C4C=C(C=O)C(n5cnc6ccccc65)[C@@]4(C)CCC3[C@@]2(C)CC1. The number of para-hydroxylation sites is 2. The van der Waals surface area contributed by atoms with Crippen LogP contribution in [0.3, 0.4) is 0 Å². The summed E-state index contributed by atoms with van der Waals surface area (Å²) in [6.07, 6.45) is 13.9. The lowest BCUT2D eigenvalue weighted by atomic mass is 9.48. The van der Waals surface area contributed by atoms with Gasteiger partial charge in [0.1, 0.15) is 12.4 Å². The molecule has 1 heterocycles. The molecule has 4 aliphatic carbocycles. The quantitative estimate of drug-likeness (QED) is 0.409. The molecule has 35 heavy (non-hydrogen) atoms. The number of rotatable bonds is 3. The molecule has 4 aliphatic rings. The number of aromatic nitrogens is 2. The molecule has 1 aromatic heterocycles. The summed E-state index contributed by atoms with van der Waals surface area (Å²) in [4.78, 5) is 28.6. The lowest BCUT2D eigenvalue weighted by Gasteiger charge is -2.57. The second-order valence-electron chi connectivity index (χ2n) is 11.6. The van der Waals surface area contributed by atoms with E-state index in [-0.39, 0.29) is 28.9 Å². The number of fused-ring (bicyclic) bond motifs is 6. The molecule has 0 radical (unpaired) electrons. The van der Waals surface area contributed by atoms with Crippen LogP contribution in [0.1, 0.15) is 59.4 Å². The molecule has 5 unspecified atom stereocenters. The van der Waals surface area contributed by atoms with Gasteiger partial charge < -0.3 is 9.30 Å². The number of hydrogen-bond donors (Lipinski definition) is 0. The van der Waals surface area contributed by atoms with E-state index in [0.717, 1.165) is 48.6 Å². The largest absolute Gasteiger partial charge is 0.458 e. The van der Waals surface area contributed by atoms with Crippen LogP contribution in [0.5, 0.6) is 0 Å². The number of nitrogens with zero attached hydrogens (tertiary/aromatic N) is 2. The molecule has 0 saturated heterocycles. The maximum absolute atomic E-state index is 12.4. The number of benzene rings is 1. The average molecular weight is 471 g/mol. The highest BCUT2D eigenvalue weighted by Crippen LogP contribution is 2.66. The first-order valence-corrected chi connectivity index (χ1v) is 12.9. The minimum atomic E-state index is -0.213. The van der Waals surface area contributed by atoms with E-state index in [1.165, 1.54) is 18.1 Å². The Labute approximate surface area is 206 Å². The normalized spacial score (nSPS) is 37.9. The summed E-state index contributed by atoms with van der Waals surface area (Å²) in [7, 11) is 0. The van der Waals surface area contributed by atoms with Crippen LogP contribution in [0, 0.1) is 28.6 Å². The zero-order chi connectivity index (χ0) is 24.5. The van der Waals surface area contributed by atoms with Crippen molar-refractivity contribution in [2.75, 3.05) is 0 Å². The van der Waals surface area contributed by atoms with Crippen LogP contribution in [-0.2, 0) is 14.3 Å². The van der Waals surface area contributed by atoms with Gasteiger partial charge in [0.2, 0.25) is 0 Å². The van der Waals surface area contributed by atoms with Crippen molar-refractivity contribution in [3.63, 3.8) is 0 Å². The van der Waals surface area contributed by atoms with Gasteiger partial charge in [-0.2, -0.15) is 0 Å². The van der Waals surface area contributed by atoms with Gasteiger partial charge >= 0.3 is 5.97 Å². The van der Waals surface area contributed by atoms with Gasteiger partial charge in [-0.05, 0) is 85.0 Å². The number of esters is 1. The molecule has 5 heteroatoms. The number of ether oxygens (including phenoxy) is 1. The molecular formula is C30H34N2O3. The van der Waals surface area contributed by atoms with Crippen molar-refractivity contribution in [3.05, 3.63) is 65.5 Å². The minimum absolute atomic E-state index is 0.00324. The molecule has 0 aliphatic heterocycles. The summed E-state index contributed by atoms with van der Waals surface area (Å²) in [5.41, 5.74) is 5.62. The van der Waals surface area contributed by atoms with Crippen molar-refractivity contribution in [2.45, 2.75) is 65.5 Å². The Kier molecular flexibility index (Phi) is 5.00. The molecule has 0 N–H and O–H groups in total. The van der Waals surface area contributed by atoms with E-state index in [1.54, 1.807) is 0 Å². The van der Waals surface area contributed by atoms with Crippen molar-refractivity contribution in [2.24, 2.45) is 28.6 Å². The Balaban J connectivity index is 1.42. The fraction of sp³-hybridized carbons (Fsp3) is 0.500. The first-order valence-electron chi connectivity index (χ1n) is 12.9. The molecule has 1 saturated carbocycles. The summed E-state index contributed by atoms with van der Waals surface area (Å²) >= 11 is 0. The molecule has 5 nitrogen and oxygen atoms in total. The van der Waals surface area contributed by atoms with E-state index < -0.39 is 0 Å². The number of imidazole rings is 1. The van der Waals surface area contributed by atoms with Gasteiger partial charge in [0.25, 0.3) is 0 Å². The van der Waals surface area contributed by atoms with E-state index in [2.05, 4.69) is 54.6 Å². The van der Waals surface area contributed by atoms with Gasteiger partial charge in [-0.25, -0.2) is 4.98 Å². The highest BCUT2D eigenvalue weighted by atomic mass is 16.5. The van der Waals surface area contributed by atoms with Gasteiger partial charge in [0.15, 0.2) is 0 Å². The number of aldehydes is 1. The molecule has 2 aromatic rings. The third-order valence-corrected chi connectivity index (χ3v) is 9.76. The van der Waals surface area contributed by atoms with Crippen molar-refractivity contribution in [1.82, 2.24) is 9.55 Å². The second-order valence-corrected chi connectivity index (χ2v) is 11.6. The van der Waals surface area contributed by atoms with Gasteiger partial charge in [-0.3, -0.25) is 9.59 Å². The summed E-state index contributed by atoms with van der Waals surface area (Å²) in [6.45, 7) is 8.50. The van der Waals surface area contributed by atoms with Crippen LogP contribution < -0.4 is 0 Å². The fourth-order valence-electron chi connectivity index (χ4n) is 8.23. The second kappa shape index (κ2) is 7.78. The predicted molar refractivity (Wildman–Crippen MR) is 135 cm³/mol. The predicted octanol–water partition coefficient (Wildman–Crippen LogP) is 5.98. The lowest BCUT2D eigenvalue weighted by Crippen LogP contribution is -2.50. The standard InChI is InChI=1S/C30H34N2O3/c1-18-13-22-23(29(3)11-9-21(15-24(18)29)35-19(2)34)10-12-30(4)25(22)14-20(16-33)28(30)32-17-31-26-7-5-6-8-27(26)32/h5-8,13-17,21-23,25,28H,9-12H2,1-4H3/t21?,22?,23?,25?,28?,29-,30+/m1/s1. The van der Waals surface area contributed by atoms with Gasteiger partial charge in [0, 0.05) is 12.5 Å². The van der Waals surface area contributed by atoms with E-state index in [9.17, 15) is 9.59 Å². The Morgan fingerprint density at radius 3 is 2.71 bits per heavy atom. The van der Waals surface area contributed by atoms with Gasteiger partial charge in [0.05, 0.1) is 23.4 Å². The van der Waals surface area contributed by atoms with Crippen LogP contribution in [0.25, 0.3) is 11.0 Å². The Hall–Kier alpha value is -2.95. The van der Waals surface area contributed by atoms with Crippen molar-refractivity contribution in [3.8, 4) is 0 Å². The first-order chi connectivity index (χ1) is 16.8. The minimum Gasteiger partial charge on any atom is -0.458 e. The molecule has 0 bridgehead atoms. The number of hydrogen-bond acceptors (Lipinski definition) is 4. The zero-order valence-corrected chi connectivity index (χ0v) is 21.0. The molecule has 1 aromatic carbocycles. The molecule has 0 spiro atoms. The van der Waals surface area contributed by atoms with Crippen molar-refractivity contribution >= 4 is 23.3 Å². The zero-order valence-electron chi connectivity index (χ0n) is 21.0. The fourth-order valence-corrected chi connectivity index (χ4v) is 8.23. The molecule has 7 atom stereocenters. The molecule has 0 amide bonds. The third-order valence-electron chi connectivity index (χ3n) is 9.76. The monoisotopic (exact) mass is 470 g/mol. The number of allylic oxidation sites excluding steroid dienone is 5. The van der Waals surface area contributed by atoms with Crippen molar-refractivity contribution < 1.29 is 14.3 Å². The highest BCUT2D eigenvalue weighted by Gasteiger charge is 2.59. The topological polar surface area (TPSA) is 61.2 Å². The Morgan fingerprint density at radius 1 is 1.14 bits per heavy atom. The number of carbonyl (C=O) groups excluding carboxylic acids is 2. The summed E-state index contributed by atoms with van der Waals surface area (Å²) < 4.78 is 7.82. The third kappa shape index (κ3) is 3.16. The van der Waals surface area contributed by atoms with Crippen molar-refractivity contribution in [1.29, 1.82) is 0 Å². The molecular weight excluding hydrogens is 436 g/mol. The summed E-state index contributed by atoms with van der Waals surface area (Å²) in [5.74, 6) is 0.981. The van der Waals surface area contributed by atoms with Gasteiger partial charge in [-0.1, -0.05) is 43.7 Å². The van der Waals surface area contributed by atoms with Gasteiger partial charge in [-0.15, -0.1) is 0 Å². The molecule has 6 rings (SSSR count). The smallest absolute Gasteiger partial charge is 0.303 e. The Bertz CT molecular complexity index is 1320. The van der Waals surface area contributed by atoms with E-state index in [1.807, 2.05) is 24.5 Å². The number of carbonyl (C=O) groups is 2. The van der Waals surface area contributed by atoms with E-state index in [4.69, 9.17) is 4.74 Å². The van der Waals surface area contributed by atoms with Crippen LogP contribution in [0.2, 0.25) is 0 Å². The molecule has 182 valence electrons. The highest BCUT2D eigenvalue weighted by molar-refractivity contribution is 5.80. The lowest BCUT2D eigenvalue weighted by molar-refractivity contribution is -0.145. The van der Waals surface area contributed by atoms with Crippen LogP contribution in [0.15, 0.2) is 65.5 Å². The Morgan fingerprint density at radius 2 is 1.94 bits per heavy atom.